The third-order valence-corrected chi connectivity index (χ3v) is 4.11. The molecule has 0 aliphatic heterocycles. The molecule has 2 aromatic rings. The van der Waals surface area contributed by atoms with E-state index in [-0.39, 0.29) is 23.7 Å². The van der Waals surface area contributed by atoms with Crippen molar-refractivity contribution in [2.45, 2.75) is 38.8 Å². The number of ether oxygens (including phenoxy) is 1. The molecule has 1 heterocycles. The maximum Gasteiger partial charge on any atom is 0.387 e. The molecule has 25 heavy (non-hydrogen) atoms. The lowest BCUT2D eigenvalue weighted by molar-refractivity contribution is -0.0516. The first-order valence-electron chi connectivity index (χ1n) is 7.55. The molecule has 1 aromatic carbocycles. The number of carbonyl (C=O) groups is 1. The van der Waals surface area contributed by atoms with E-state index in [9.17, 15) is 32.3 Å². The molecule has 0 spiro atoms. The van der Waals surface area contributed by atoms with Crippen LogP contribution in [-0.4, -0.2) is 22.3 Å². The zero-order valence-corrected chi connectivity index (χ0v) is 13.0. The predicted molar refractivity (Wildman–Crippen MR) is 79.4 cm³/mol. The Hall–Kier alpha value is -2.58. The van der Waals surface area contributed by atoms with Crippen molar-refractivity contribution >= 4 is 16.9 Å². The number of alkyl halides is 2. The van der Waals surface area contributed by atoms with Gasteiger partial charge in [0.2, 0.25) is 11.2 Å². The molecule has 1 N–H and O–H groups in total. The third-order valence-electron chi connectivity index (χ3n) is 4.11. The Morgan fingerprint density at radius 2 is 2.04 bits per heavy atom. The van der Waals surface area contributed by atoms with Crippen molar-refractivity contribution in [3.05, 3.63) is 39.2 Å². The summed E-state index contributed by atoms with van der Waals surface area (Å²) in [5.41, 5.74) is -1.91. The first-order valence-corrected chi connectivity index (χ1v) is 7.55. The molecule has 9 heteroatoms. The van der Waals surface area contributed by atoms with Crippen LogP contribution in [-0.2, 0) is 6.42 Å². The van der Waals surface area contributed by atoms with Crippen LogP contribution in [0.1, 0.15) is 41.9 Å². The fourth-order valence-electron chi connectivity index (χ4n) is 3.03. The van der Waals surface area contributed by atoms with Crippen molar-refractivity contribution < 1.29 is 32.2 Å². The van der Waals surface area contributed by atoms with Gasteiger partial charge in [0.25, 0.3) is 0 Å². The highest BCUT2D eigenvalue weighted by Crippen LogP contribution is 2.42. The Kier molecular flexibility index (Phi) is 4.18. The summed E-state index contributed by atoms with van der Waals surface area (Å²) in [6.07, 6.45) is 1.28. The van der Waals surface area contributed by atoms with Gasteiger partial charge in [-0.3, -0.25) is 4.79 Å². The molecule has 1 fully saturated rings. The molecule has 1 aromatic heterocycles. The number of nitrogens with zero attached hydrogens (tertiary/aromatic N) is 1. The summed E-state index contributed by atoms with van der Waals surface area (Å²) in [7, 11) is 0. The number of hydrogen-bond donors (Lipinski definition) is 1. The third kappa shape index (κ3) is 2.73. The second-order valence-electron chi connectivity index (χ2n) is 5.69. The highest BCUT2D eigenvalue weighted by Gasteiger charge is 2.34. The Balaban J connectivity index is 2.56. The number of fused-ring (bicyclic) bond motifs is 1. The predicted octanol–water partition coefficient (Wildman–Crippen LogP) is 3.48. The topological polar surface area (TPSA) is 68.5 Å². The number of pyridine rings is 1. The van der Waals surface area contributed by atoms with Gasteiger partial charge < -0.3 is 14.4 Å². The summed E-state index contributed by atoms with van der Waals surface area (Å²) in [6.45, 7) is -1.86. The van der Waals surface area contributed by atoms with Gasteiger partial charge in [-0.1, -0.05) is 6.92 Å². The molecule has 0 radical (unpaired) electrons. The van der Waals surface area contributed by atoms with E-state index in [1.54, 1.807) is 6.92 Å². The molecule has 0 atom stereocenters. The van der Waals surface area contributed by atoms with Crippen LogP contribution >= 0.6 is 0 Å². The largest absolute Gasteiger partial charge is 0.477 e. The highest BCUT2D eigenvalue weighted by molar-refractivity contribution is 5.96. The second kappa shape index (κ2) is 6.05. The van der Waals surface area contributed by atoms with Crippen molar-refractivity contribution in [3.8, 4) is 5.75 Å². The minimum absolute atomic E-state index is 0.0672. The lowest BCUT2D eigenvalue weighted by atomic mass is 10.0. The van der Waals surface area contributed by atoms with E-state index < -0.39 is 46.3 Å². The maximum absolute atomic E-state index is 14.1. The average molecular weight is 359 g/mol. The standard InChI is InChI=1S/C16H13F4NO4/c1-2-9-10(15(23)24)13(22)7-5-8(17)11(18)14(25-16(19)20)12(7)21(9)6-3-4-6/h5-6,16H,2-4H2,1H3,(H,23,24). The van der Waals surface area contributed by atoms with Gasteiger partial charge in [0.05, 0.1) is 10.9 Å². The number of rotatable bonds is 5. The number of carboxylic acid groups (broad SMARTS) is 1. The number of hydrogen-bond acceptors (Lipinski definition) is 3. The van der Waals surface area contributed by atoms with E-state index in [1.165, 1.54) is 4.57 Å². The molecule has 0 amide bonds. The van der Waals surface area contributed by atoms with Crippen LogP contribution in [0.5, 0.6) is 5.75 Å². The summed E-state index contributed by atoms with van der Waals surface area (Å²) < 4.78 is 58.8. The highest BCUT2D eigenvalue weighted by atomic mass is 19.3. The molecule has 3 rings (SSSR count). The van der Waals surface area contributed by atoms with E-state index >= 15 is 0 Å². The molecule has 0 bridgehead atoms. The summed E-state index contributed by atoms with van der Waals surface area (Å²) in [5, 5.41) is 8.87. The maximum atomic E-state index is 14.1. The Morgan fingerprint density at radius 1 is 1.40 bits per heavy atom. The van der Waals surface area contributed by atoms with Gasteiger partial charge in [-0.25, -0.2) is 9.18 Å². The zero-order chi connectivity index (χ0) is 18.5. The van der Waals surface area contributed by atoms with Crippen molar-refractivity contribution in [1.82, 2.24) is 4.57 Å². The van der Waals surface area contributed by atoms with Gasteiger partial charge >= 0.3 is 12.6 Å². The molecule has 5 nitrogen and oxygen atoms in total. The SMILES string of the molecule is CCc1c(C(=O)O)c(=O)c2cc(F)c(F)c(OC(F)F)c2n1C1CC1. The van der Waals surface area contributed by atoms with Gasteiger partial charge in [-0.2, -0.15) is 13.2 Å². The first kappa shape index (κ1) is 17.2. The number of carboxylic acids is 1. The normalized spacial score (nSPS) is 14.3. The van der Waals surface area contributed by atoms with Crippen molar-refractivity contribution in [1.29, 1.82) is 0 Å². The zero-order valence-electron chi connectivity index (χ0n) is 13.0. The van der Waals surface area contributed by atoms with E-state index in [1.807, 2.05) is 0 Å². The molecular weight excluding hydrogens is 346 g/mol. The fraction of sp³-hybridized carbons (Fsp3) is 0.375. The summed E-state index contributed by atoms with van der Waals surface area (Å²) in [5.74, 6) is -5.81. The Morgan fingerprint density at radius 3 is 2.52 bits per heavy atom. The molecule has 1 aliphatic carbocycles. The van der Waals surface area contributed by atoms with Gasteiger partial charge in [0, 0.05) is 11.7 Å². The summed E-state index contributed by atoms with van der Waals surface area (Å²) in [6, 6.07) is 0.233. The van der Waals surface area contributed by atoms with Crippen LogP contribution in [0.15, 0.2) is 10.9 Å². The lowest BCUT2D eigenvalue weighted by Gasteiger charge is -2.20. The van der Waals surface area contributed by atoms with Crippen LogP contribution < -0.4 is 10.2 Å². The lowest BCUT2D eigenvalue weighted by Crippen LogP contribution is -2.25. The number of aromatic nitrogens is 1. The van der Waals surface area contributed by atoms with E-state index in [0.29, 0.717) is 18.9 Å². The van der Waals surface area contributed by atoms with Crippen LogP contribution in [0.25, 0.3) is 10.9 Å². The minimum atomic E-state index is -3.44. The van der Waals surface area contributed by atoms with Gasteiger partial charge in [0.1, 0.15) is 5.56 Å². The Bertz CT molecular complexity index is 934. The monoisotopic (exact) mass is 359 g/mol. The van der Waals surface area contributed by atoms with Crippen molar-refractivity contribution in [3.63, 3.8) is 0 Å². The van der Waals surface area contributed by atoms with Crippen molar-refractivity contribution in [2.24, 2.45) is 0 Å². The number of aromatic carboxylic acids is 1. The van der Waals surface area contributed by atoms with Gasteiger partial charge in [-0.05, 0) is 25.3 Å². The molecule has 1 aliphatic rings. The summed E-state index contributed by atoms with van der Waals surface area (Å²) in [4.78, 5) is 24.0. The molecule has 1 saturated carbocycles. The van der Waals surface area contributed by atoms with Crippen LogP contribution in [0.4, 0.5) is 17.6 Å². The smallest absolute Gasteiger partial charge is 0.387 e. The van der Waals surface area contributed by atoms with Crippen LogP contribution in [0, 0.1) is 11.6 Å². The van der Waals surface area contributed by atoms with Crippen molar-refractivity contribution in [2.75, 3.05) is 0 Å². The van der Waals surface area contributed by atoms with Gasteiger partial charge in [0.15, 0.2) is 11.6 Å². The number of halogens is 4. The summed E-state index contributed by atoms with van der Waals surface area (Å²) >= 11 is 0. The molecule has 0 unspecified atom stereocenters. The van der Waals surface area contributed by atoms with E-state index in [4.69, 9.17) is 0 Å². The van der Waals surface area contributed by atoms with Gasteiger partial charge in [-0.15, -0.1) is 0 Å². The Labute approximate surface area is 138 Å². The molecular formula is C16H13F4NO4. The second-order valence-corrected chi connectivity index (χ2v) is 5.69. The first-order chi connectivity index (χ1) is 11.8. The molecule has 0 saturated heterocycles. The van der Waals surface area contributed by atoms with Crippen LogP contribution in [0.2, 0.25) is 0 Å². The van der Waals surface area contributed by atoms with Crippen LogP contribution in [0.3, 0.4) is 0 Å². The minimum Gasteiger partial charge on any atom is -0.477 e. The van der Waals surface area contributed by atoms with E-state index in [0.717, 1.165) is 0 Å². The number of benzene rings is 1. The fourth-order valence-corrected chi connectivity index (χ4v) is 3.03. The molecule has 134 valence electrons. The quantitative estimate of drug-likeness (QED) is 0.830. The average Bonchev–Trinajstić information content (AvgIpc) is 3.35. The van der Waals surface area contributed by atoms with E-state index in [2.05, 4.69) is 4.74 Å².